The van der Waals surface area contributed by atoms with Crippen molar-refractivity contribution in [2.75, 3.05) is 13.1 Å². The number of piperidine rings is 1. The first-order valence-corrected chi connectivity index (χ1v) is 7.37. The van der Waals surface area contributed by atoms with Crippen molar-refractivity contribution in [3.63, 3.8) is 0 Å². The smallest absolute Gasteiger partial charge is 0.137 e. The van der Waals surface area contributed by atoms with Gasteiger partial charge in [0, 0.05) is 12.1 Å². The number of nitrogens with zero attached hydrogens (tertiary/aromatic N) is 1. The van der Waals surface area contributed by atoms with Gasteiger partial charge in [-0.1, -0.05) is 13.0 Å². The molecule has 1 aromatic rings. The van der Waals surface area contributed by atoms with Crippen molar-refractivity contribution in [1.82, 2.24) is 4.90 Å². The minimum absolute atomic E-state index is 0.141. The van der Waals surface area contributed by atoms with Gasteiger partial charge in [-0.15, -0.1) is 0 Å². The summed E-state index contributed by atoms with van der Waals surface area (Å²) in [4.78, 5) is 2.42. The lowest BCUT2D eigenvalue weighted by Crippen LogP contribution is -2.46. The van der Waals surface area contributed by atoms with Crippen LogP contribution in [0.15, 0.2) is 22.7 Å². The van der Waals surface area contributed by atoms with E-state index in [9.17, 15) is 4.39 Å². The third kappa shape index (κ3) is 2.92. The van der Waals surface area contributed by atoms with E-state index < -0.39 is 0 Å². The normalized spacial score (nSPS) is 25.3. The molecule has 2 N–H and O–H groups in total. The number of benzene rings is 1. The van der Waals surface area contributed by atoms with Crippen LogP contribution in [0.25, 0.3) is 0 Å². The maximum absolute atomic E-state index is 13.3. The Morgan fingerprint density at radius 3 is 2.94 bits per heavy atom. The zero-order valence-corrected chi connectivity index (χ0v) is 12.3. The van der Waals surface area contributed by atoms with Crippen LogP contribution in [0.2, 0.25) is 0 Å². The Bertz CT molecular complexity index is 409. The van der Waals surface area contributed by atoms with Gasteiger partial charge in [-0.05, 0) is 66.0 Å². The Morgan fingerprint density at radius 2 is 2.28 bits per heavy atom. The van der Waals surface area contributed by atoms with Crippen LogP contribution in [-0.2, 0) is 0 Å². The molecule has 1 aliphatic heterocycles. The molecular weight excluding hydrogens is 295 g/mol. The lowest BCUT2D eigenvalue weighted by Gasteiger charge is -2.40. The van der Waals surface area contributed by atoms with E-state index >= 15 is 0 Å². The highest BCUT2D eigenvalue weighted by Gasteiger charge is 2.29. The van der Waals surface area contributed by atoms with Crippen LogP contribution in [0, 0.1) is 5.82 Å². The van der Waals surface area contributed by atoms with Crippen LogP contribution in [0.3, 0.4) is 0 Å². The second kappa shape index (κ2) is 6.13. The van der Waals surface area contributed by atoms with E-state index in [1.807, 2.05) is 12.1 Å². The first-order chi connectivity index (χ1) is 8.63. The standard InChI is InChI=1S/C14H20BrFN2/c1-2-7-18-8-3-4-13(17)14(18)10-5-6-12(16)11(15)9-10/h5-6,9,13-14H,2-4,7-8,17H2,1H3. The number of nitrogens with two attached hydrogens (primary N) is 1. The summed E-state index contributed by atoms with van der Waals surface area (Å²) >= 11 is 3.26. The fraction of sp³-hybridized carbons (Fsp3) is 0.571. The summed E-state index contributed by atoms with van der Waals surface area (Å²) in [5, 5.41) is 0. The molecule has 2 rings (SSSR count). The predicted molar refractivity (Wildman–Crippen MR) is 75.9 cm³/mol. The van der Waals surface area contributed by atoms with Gasteiger partial charge in [0.15, 0.2) is 0 Å². The van der Waals surface area contributed by atoms with Crippen molar-refractivity contribution in [2.24, 2.45) is 5.73 Å². The van der Waals surface area contributed by atoms with E-state index in [1.165, 1.54) is 6.07 Å². The Labute approximate surface area is 116 Å². The fourth-order valence-electron chi connectivity index (χ4n) is 2.79. The monoisotopic (exact) mass is 314 g/mol. The summed E-state index contributed by atoms with van der Waals surface area (Å²) in [6, 6.07) is 5.61. The molecule has 1 aromatic carbocycles. The van der Waals surface area contributed by atoms with Crippen LogP contribution in [-0.4, -0.2) is 24.0 Å². The Balaban J connectivity index is 2.28. The number of rotatable bonds is 3. The molecule has 1 heterocycles. The molecule has 100 valence electrons. The van der Waals surface area contributed by atoms with E-state index in [0.717, 1.165) is 37.9 Å². The molecule has 0 radical (unpaired) electrons. The highest BCUT2D eigenvalue weighted by Crippen LogP contribution is 2.32. The summed E-state index contributed by atoms with van der Waals surface area (Å²) in [6.45, 7) is 4.31. The Kier molecular flexibility index (Phi) is 4.76. The van der Waals surface area contributed by atoms with Gasteiger partial charge in [-0.3, -0.25) is 4.90 Å². The number of likely N-dealkylation sites (tertiary alicyclic amines) is 1. The number of hydrogen-bond acceptors (Lipinski definition) is 2. The van der Waals surface area contributed by atoms with Crippen molar-refractivity contribution in [3.8, 4) is 0 Å². The lowest BCUT2D eigenvalue weighted by molar-refractivity contribution is 0.128. The summed E-state index contributed by atoms with van der Waals surface area (Å²) in [6.07, 6.45) is 3.31. The SMILES string of the molecule is CCCN1CCCC(N)C1c1ccc(F)c(Br)c1. The molecule has 2 nitrogen and oxygen atoms in total. The summed E-state index contributed by atoms with van der Waals surface area (Å²) in [7, 11) is 0. The van der Waals surface area contributed by atoms with Crippen molar-refractivity contribution in [3.05, 3.63) is 34.1 Å². The lowest BCUT2D eigenvalue weighted by atomic mass is 9.91. The second-order valence-corrected chi connectivity index (χ2v) is 5.81. The summed E-state index contributed by atoms with van der Waals surface area (Å²) < 4.78 is 13.8. The second-order valence-electron chi connectivity index (χ2n) is 4.96. The van der Waals surface area contributed by atoms with Gasteiger partial charge >= 0.3 is 0 Å². The molecule has 1 aliphatic rings. The van der Waals surface area contributed by atoms with E-state index in [2.05, 4.69) is 27.8 Å². The molecule has 0 amide bonds. The zero-order chi connectivity index (χ0) is 13.1. The van der Waals surface area contributed by atoms with Crippen molar-refractivity contribution in [2.45, 2.75) is 38.3 Å². The van der Waals surface area contributed by atoms with Gasteiger partial charge in [0.05, 0.1) is 4.47 Å². The van der Waals surface area contributed by atoms with E-state index in [4.69, 9.17) is 5.73 Å². The van der Waals surface area contributed by atoms with Crippen molar-refractivity contribution < 1.29 is 4.39 Å². The topological polar surface area (TPSA) is 29.3 Å². The predicted octanol–water partition coefficient (Wildman–Crippen LogP) is 3.46. The van der Waals surface area contributed by atoms with Gasteiger partial charge in [-0.25, -0.2) is 4.39 Å². The zero-order valence-electron chi connectivity index (χ0n) is 10.7. The third-order valence-electron chi connectivity index (χ3n) is 3.58. The molecular formula is C14H20BrFN2. The number of hydrogen-bond donors (Lipinski definition) is 1. The average molecular weight is 315 g/mol. The molecule has 4 heteroatoms. The third-order valence-corrected chi connectivity index (χ3v) is 4.19. The van der Waals surface area contributed by atoms with Crippen LogP contribution in [0.5, 0.6) is 0 Å². The van der Waals surface area contributed by atoms with E-state index in [-0.39, 0.29) is 17.9 Å². The average Bonchev–Trinajstić information content (AvgIpc) is 2.34. The van der Waals surface area contributed by atoms with E-state index in [0.29, 0.717) is 4.47 Å². The Morgan fingerprint density at radius 1 is 1.50 bits per heavy atom. The first-order valence-electron chi connectivity index (χ1n) is 6.58. The molecule has 1 fully saturated rings. The van der Waals surface area contributed by atoms with E-state index in [1.54, 1.807) is 0 Å². The molecule has 0 aromatic heterocycles. The first kappa shape index (κ1) is 14.0. The largest absolute Gasteiger partial charge is 0.326 e. The molecule has 1 saturated heterocycles. The van der Waals surface area contributed by atoms with Crippen molar-refractivity contribution >= 4 is 15.9 Å². The summed E-state index contributed by atoms with van der Waals surface area (Å²) in [5.41, 5.74) is 7.38. The highest BCUT2D eigenvalue weighted by molar-refractivity contribution is 9.10. The molecule has 0 aliphatic carbocycles. The van der Waals surface area contributed by atoms with Crippen LogP contribution in [0.4, 0.5) is 4.39 Å². The molecule has 2 atom stereocenters. The van der Waals surface area contributed by atoms with Gasteiger partial charge in [0.2, 0.25) is 0 Å². The molecule has 0 saturated carbocycles. The van der Waals surface area contributed by atoms with Crippen LogP contribution in [0.1, 0.15) is 37.8 Å². The maximum Gasteiger partial charge on any atom is 0.137 e. The van der Waals surface area contributed by atoms with Crippen LogP contribution >= 0.6 is 15.9 Å². The van der Waals surface area contributed by atoms with Gasteiger partial charge in [0.25, 0.3) is 0 Å². The maximum atomic E-state index is 13.3. The Hall–Kier alpha value is -0.450. The van der Waals surface area contributed by atoms with Gasteiger partial charge in [-0.2, -0.15) is 0 Å². The molecule has 2 unspecified atom stereocenters. The number of halogens is 2. The van der Waals surface area contributed by atoms with Gasteiger partial charge < -0.3 is 5.73 Å². The quantitative estimate of drug-likeness (QED) is 0.925. The van der Waals surface area contributed by atoms with Crippen molar-refractivity contribution in [1.29, 1.82) is 0 Å². The summed E-state index contributed by atoms with van der Waals surface area (Å²) in [5.74, 6) is -0.217. The molecule has 18 heavy (non-hydrogen) atoms. The minimum atomic E-state index is -0.217. The molecule has 0 spiro atoms. The van der Waals surface area contributed by atoms with Crippen LogP contribution < -0.4 is 5.73 Å². The highest BCUT2D eigenvalue weighted by atomic mass is 79.9. The molecule has 0 bridgehead atoms. The van der Waals surface area contributed by atoms with Gasteiger partial charge in [0.1, 0.15) is 5.82 Å². The minimum Gasteiger partial charge on any atom is -0.326 e. The fourth-order valence-corrected chi connectivity index (χ4v) is 3.19.